The van der Waals surface area contributed by atoms with Gasteiger partial charge >= 0.3 is 0 Å². The van der Waals surface area contributed by atoms with E-state index in [1.807, 2.05) is 0 Å². The van der Waals surface area contributed by atoms with E-state index in [1.54, 1.807) is 31.2 Å². The zero-order chi connectivity index (χ0) is 15.7. The summed E-state index contributed by atoms with van der Waals surface area (Å²) in [6, 6.07) is 8.28. The summed E-state index contributed by atoms with van der Waals surface area (Å²) in [6.45, 7) is 1.74. The van der Waals surface area contributed by atoms with Gasteiger partial charge in [-0.15, -0.1) is 0 Å². The zero-order valence-corrected chi connectivity index (χ0v) is 12.4. The van der Waals surface area contributed by atoms with Crippen LogP contribution in [0.5, 0.6) is 5.75 Å². The largest absolute Gasteiger partial charge is 0.482 e. The highest BCUT2D eigenvalue weighted by Crippen LogP contribution is 2.36. The average Bonchev–Trinajstić information content (AvgIpc) is 2.48. The highest BCUT2D eigenvalue weighted by molar-refractivity contribution is 6.34. The number of carbonyl (C=O) groups excluding carboxylic acids is 2. The molecule has 0 bridgehead atoms. The minimum absolute atomic E-state index is 0.0680. The molecule has 1 aromatic carbocycles. The number of benzene rings is 1. The monoisotopic (exact) mass is 317 g/mol. The first-order valence-corrected chi connectivity index (χ1v) is 6.92. The van der Waals surface area contributed by atoms with Crippen LogP contribution < -0.4 is 15.4 Å². The second-order valence-electron chi connectivity index (χ2n) is 4.78. The first kappa shape index (κ1) is 14.3. The maximum absolute atomic E-state index is 12.2. The number of anilines is 2. The molecule has 6 nitrogen and oxygen atoms in total. The summed E-state index contributed by atoms with van der Waals surface area (Å²) in [7, 11) is 0. The Kier molecular flexibility index (Phi) is 3.68. The first-order valence-electron chi connectivity index (χ1n) is 6.54. The summed E-state index contributed by atoms with van der Waals surface area (Å²) in [5, 5.41) is 5.63. The highest BCUT2D eigenvalue weighted by Gasteiger charge is 2.19. The molecule has 1 aromatic heterocycles. The molecule has 0 spiro atoms. The predicted molar refractivity (Wildman–Crippen MR) is 82.5 cm³/mol. The number of hydrogen-bond donors (Lipinski definition) is 2. The molecule has 0 saturated heterocycles. The molecular weight excluding hydrogens is 306 g/mol. The van der Waals surface area contributed by atoms with Crippen LogP contribution in [0.15, 0.2) is 30.3 Å². The lowest BCUT2D eigenvalue weighted by Crippen LogP contribution is -2.25. The lowest BCUT2D eigenvalue weighted by Gasteiger charge is -2.19. The van der Waals surface area contributed by atoms with Gasteiger partial charge in [0.05, 0.1) is 16.4 Å². The fraction of sp³-hybridized carbons (Fsp3) is 0.133. The van der Waals surface area contributed by atoms with Gasteiger partial charge in [-0.3, -0.25) is 9.59 Å². The fourth-order valence-electron chi connectivity index (χ4n) is 2.05. The van der Waals surface area contributed by atoms with Crippen LogP contribution >= 0.6 is 11.6 Å². The molecule has 2 aromatic rings. The van der Waals surface area contributed by atoms with Gasteiger partial charge in [0.2, 0.25) is 0 Å². The van der Waals surface area contributed by atoms with Crippen molar-refractivity contribution in [3.8, 4) is 5.75 Å². The summed E-state index contributed by atoms with van der Waals surface area (Å²) in [5.74, 6) is -0.161. The quantitative estimate of drug-likeness (QED) is 0.892. The fourth-order valence-corrected chi connectivity index (χ4v) is 2.26. The van der Waals surface area contributed by atoms with Crippen LogP contribution in [0.3, 0.4) is 0 Å². The molecular formula is C15H12ClN3O3. The van der Waals surface area contributed by atoms with Crippen molar-refractivity contribution in [1.29, 1.82) is 0 Å². The lowest BCUT2D eigenvalue weighted by atomic mass is 10.2. The van der Waals surface area contributed by atoms with Crippen LogP contribution in [0.4, 0.5) is 11.4 Å². The van der Waals surface area contributed by atoms with Crippen molar-refractivity contribution in [3.63, 3.8) is 0 Å². The standard InChI is InChI=1S/C15H12ClN3O3/c1-8-3-2-4-10(17-8)15(21)19-11-6-13-12(5-9(11)16)18-14(20)7-22-13/h2-6H,7H2,1H3,(H,18,20)(H,19,21). The topological polar surface area (TPSA) is 80.3 Å². The van der Waals surface area contributed by atoms with Crippen molar-refractivity contribution in [2.24, 2.45) is 0 Å². The van der Waals surface area contributed by atoms with Gasteiger partial charge in [0.15, 0.2) is 6.61 Å². The molecule has 0 atom stereocenters. The van der Waals surface area contributed by atoms with E-state index in [1.165, 1.54) is 6.07 Å². The summed E-state index contributed by atoms with van der Waals surface area (Å²) in [6.07, 6.45) is 0. The summed E-state index contributed by atoms with van der Waals surface area (Å²) in [5.41, 5.74) is 1.91. The van der Waals surface area contributed by atoms with Crippen molar-refractivity contribution in [2.75, 3.05) is 17.2 Å². The van der Waals surface area contributed by atoms with E-state index < -0.39 is 0 Å². The second kappa shape index (κ2) is 5.65. The van der Waals surface area contributed by atoms with Crippen LogP contribution in [-0.4, -0.2) is 23.4 Å². The van der Waals surface area contributed by atoms with E-state index >= 15 is 0 Å². The third kappa shape index (κ3) is 2.87. The Bertz CT molecular complexity index is 777. The zero-order valence-electron chi connectivity index (χ0n) is 11.6. The van der Waals surface area contributed by atoms with Crippen molar-refractivity contribution in [3.05, 3.63) is 46.7 Å². The smallest absolute Gasteiger partial charge is 0.274 e. The summed E-state index contributed by atoms with van der Waals surface area (Å²) >= 11 is 6.13. The number of pyridine rings is 1. The van der Waals surface area contributed by atoms with Crippen LogP contribution in [0.2, 0.25) is 5.02 Å². The molecule has 2 heterocycles. The number of rotatable bonds is 2. The van der Waals surface area contributed by atoms with Crippen LogP contribution in [0.25, 0.3) is 0 Å². The molecule has 1 aliphatic heterocycles. The van der Waals surface area contributed by atoms with Gasteiger partial charge < -0.3 is 15.4 Å². The van der Waals surface area contributed by atoms with E-state index in [9.17, 15) is 9.59 Å². The van der Waals surface area contributed by atoms with E-state index in [2.05, 4.69) is 15.6 Å². The molecule has 0 fully saturated rings. The number of ether oxygens (including phenoxy) is 1. The van der Waals surface area contributed by atoms with Gasteiger partial charge in [-0.2, -0.15) is 0 Å². The Balaban J connectivity index is 1.86. The number of amides is 2. The average molecular weight is 318 g/mol. The molecule has 2 N–H and O–H groups in total. The van der Waals surface area contributed by atoms with Crippen molar-refractivity contribution in [1.82, 2.24) is 4.98 Å². The predicted octanol–water partition coefficient (Wildman–Crippen LogP) is 2.63. The molecule has 0 radical (unpaired) electrons. The Morgan fingerprint density at radius 2 is 2.23 bits per heavy atom. The van der Waals surface area contributed by atoms with Crippen LogP contribution in [0, 0.1) is 6.92 Å². The Morgan fingerprint density at radius 1 is 1.41 bits per heavy atom. The molecule has 2 amide bonds. The van der Waals surface area contributed by atoms with Gasteiger partial charge in [0, 0.05) is 11.8 Å². The minimum atomic E-state index is -0.370. The van der Waals surface area contributed by atoms with Crippen molar-refractivity contribution >= 4 is 34.8 Å². The Labute approximate surface area is 131 Å². The number of aryl methyl sites for hydroxylation is 1. The number of fused-ring (bicyclic) bond motifs is 1. The normalized spacial score (nSPS) is 12.9. The molecule has 0 unspecified atom stereocenters. The number of halogens is 1. The highest BCUT2D eigenvalue weighted by atomic mass is 35.5. The van der Waals surface area contributed by atoms with E-state index in [-0.39, 0.29) is 18.4 Å². The molecule has 0 saturated carbocycles. The molecule has 7 heteroatoms. The molecule has 0 aliphatic carbocycles. The molecule has 22 heavy (non-hydrogen) atoms. The minimum Gasteiger partial charge on any atom is -0.482 e. The number of carbonyl (C=O) groups is 2. The van der Waals surface area contributed by atoms with Gasteiger partial charge in [0.1, 0.15) is 11.4 Å². The summed E-state index contributed by atoms with van der Waals surface area (Å²) in [4.78, 5) is 27.6. The molecule has 112 valence electrons. The molecule has 1 aliphatic rings. The maximum atomic E-state index is 12.2. The third-order valence-corrected chi connectivity index (χ3v) is 3.38. The van der Waals surface area contributed by atoms with Gasteiger partial charge in [-0.1, -0.05) is 17.7 Å². The van der Waals surface area contributed by atoms with Gasteiger partial charge in [-0.25, -0.2) is 4.98 Å². The van der Waals surface area contributed by atoms with Crippen LogP contribution in [0.1, 0.15) is 16.2 Å². The number of nitrogens with zero attached hydrogens (tertiary/aromatic N) is 1. The Hall–Kier alpha value is -2.60. The SMILES string of the molecule is Cc1cccc(C(=O)Nc2cc3c(cc2Cl)NC(=O)CO3)n1. The second-order valence-corrected chi connectivity index (χ2v) is 5.19. The molecule has 3 rings (SSSR count). The van der Waals surface area contributed by atoms with Gasteiger partial charge in [0.25, 0.3) is 11.8 Å². The van der Waals surface area contributed by atoms with E-state index in [0.29, 0.717) is 27.8 Å². The van der Waals surface area contributed by atoms with Crippen LogP contribution in [-0.2, 0) is 4.79 Å². The lowest BCUT2D eigenvalue weighted by molar-refractivity contribution is -0.118. The van der Waals surface area contributed by atoms with Gasteiger partial charge in [-0.05, 0) is 25.1 Å². The number of aromatic nitrogens is 1. The maximum Gasteiger partial charge on any atom is 0.274 e. The van der Waals surface area contributed by atoms with E-state index in [0.717, 1.165) is 5.69 Å². The first-order chi connectivity index (χ1) is 10.5. The Morgan fingerprint density at radius 3 is 3.00 bits per heavy atom. The van der Waals surface area contributed by atoms with E-state index in [4.69, 9.17) is 16.3 Å². The summed E-state index contributed by atoms with van der Waals surface area (Å²) < 4.78 is 5.30. The number of nitrogens with one attached hydrogen (secondary N) is 2. The van der Waals surface area contributed by atoms with Crippen molar-refractivity contribution < 1.29 is 14.3 Å². The third-order valence-electron chi connectivity index (χ3n) is 3.07. The number of hydrogen-bond acceptors (Lipinski definition) is 4. The van der Waals surface area contributed by atoms with Crippen molar-refractivity contribution in [2.45, 2.75) is 6.92 Å².